The first-order valence-electron chi connectivity index (χ1n) is 5.68. The minimum Gasteiger partial charge on any atom is -0.496 e. The van der Waals surface area contributed by atoms with Crippen molar-refractivity contribution in [2.75, 3.05) is 7.11 Å². The molecule has 0 aliphatic rings. The molecule has 1 aromatic carbocycles. The van der Waals surface area contributed by atoms with Gasteiger partial charge in [0.15, 0.2) is 5.52 Å². The van der Waals surface area contributed by atoms with Crippen LogP contribution in [0.5, 0.6) is 5.75 Å². The van der Waals surface area contributed by atoms with Gasteiger partial charge in [-0.15, -0.1) is 5.10 Å². The molecular weight excluding hydrogens is 246 g/mol. The third kappa shape index (κ3) is 1.95. The summed E-state index contributed by atoms with van der Waals surface area (Å²) in [5.74, 6) is 0.709. The van der Waals surface area contributed by atoms with Crippen LogP contribution in [0, 0.1) is 0 Å². The fourth-order valence-electron chi connectivity index (χ4n) is 1.88. The number of rotatable bonds is 3. The van der Waals surface area contributed by atoms with Crippen molar-refractivity contribution in [2.24, 2.45) is 0 Å². The van der Waals surface area contributed by atoms with Crippen LogP contribution in [0.3, 0.4) is 0 Å². The number of nitrogens with one attached hydrogen (secondary N) is 1. The molecule has 19 heavy (non-hydrogen) atoms. The number of H-pyrrole nitrogens is 1. The Balaban J connectivity index is 2.06. The molecule has 7 heteroatoms. The lowest BCUT2D eigenvalue weighted by atomic mass is 10.2. The lowest BCUT2D eigenvalue weighted by molar-refractivity contribution is 0.406. The van der Waals surface area contributed by atoms with Gasteiger partial charge >= 0.3 is 0 Å². The van der Waals surface area contributed by atoms with Crippen molar-refractivity contribution < 1.29 is 4.74 Å². The van der Waals surface area contributed by atoms with Gasteiger partial charge in [-0.25, -0.2) is 4.68 Å². The van der Waals surface area contributed by atoms with Crippen molar-refractivity contribution in [1.29, 1.82) is 0 Å². The van der Waals surface area contributed by atoms with Crippen molar-refractivity contribution in [3.05, 3.63) is 46.4 Å². The molecule has 1 N–H and O–H groups in total. The zero-order chi connectivity index (χ0) is 13.2. The van der Waals surface area contributed by atoms with E-state index >= 15 is 0 Å². The first-order chi connectivity index (χ1) is 9.29. The zero-order valence-electron chi connectivity index (χ0n) is 10.2. The van der Waals surface area contributed by atoms with Crippen molar-refractivity contribution in [3.8, 4) is 5.75 Å². The fourth-order valence-corrected chi connectivity index (χ4v) is 1.88. The number of nitrogens with zero attached hydrogens (tertiary/aromatic N) is 4. The maximum atomic E-state index is 12.1. The van der Waals surface area contributed by atoms with Crippen LogP contribution in [0.1, 0.15) is 5.56 Å². The van der Waals surface area contributed by atoms with Gasteiger partial charge in [-0.3, -0.25) is 9.89 Å². The quantitative estimate of drug-likeness (QED) is 0.741. The maximum absolute atomic E-state index is 12.1. The van der Waals surface area contributed by atoms with E-state index in [9.17, 15) is 4.79 Å². The second kappa shape index (κ2) is 4.52. The molecule has 96 valence electrons. The standard InChI is InChI=1S/C12H11N5O2/c1-19-10-5-3-2-4-8(10)7-17-12(18)11-9(14-16-17)6-13-15-11/h2-6H,7H2,1H3,(H,13,15). The fraction of sp³-hybridized carbons (Fsp3) is 0.167. The number of fused-ring (bicyclic) bond motifs is 1. The summed E-state index contributed by atoms with van der Waals surface area (Å²) in [6, 6.07) is 7.46. The predicted octanol–water partition coefficient (Wildman–Crippen LogP) is 0.571. The Morgan fingerprint density at radius 1 is 1.37 bits per heavy atom. The van der Waals surface area contributed by atoms with Gasteiger partial charge in [0, 0.05) is 5.56 Å². The maximum Gasteiger partial charge on any atom is 0.295 e. The SMILES string of the molecule is COc1ccccc1Cn1nnc2cn[nH]c2c1=O. The molecule has 0 atom stereocenters. The van der Waals surface area contributed by atoms with Crippen molar-refractivity contribution in [1.82, 2.24) is 25.2 Å². The molecule has 0 amide bonds. The Kier molecular flexibility index (Phi) is 2.71. The second-order valence-corrected chi connectivity index (χ2v) is 3.99. The van der Waals surface area contributed by atoms with Crippen molar-refractivity contribution in [3.63, 3.8) is 0 Å². The first kappa shape index (κ1) is 11.4. The largest absolute Gasteiger partial charge is 0.496 e. The molecule has 0 radical (unpaired) electrons. The average molecular weight is 257 g/mol. The average Bonchev–Trinajstić information content (AvgIpc) is 2.92. The van der Waals surface area contributed by atoms with E-state index in [1.807, 2.05) is 24.3 Å². The van der Waals surface area contributed by atoms with Gasteiger partial charge in [-0.1, -0.05) is 23.4 Å². The molecule has 0 spiro atoms. The van der Waals surface area contributed by atoms with E-state index in [0.29, 0.717) is 23.3 Å². The number of ether oxygens (including phenoxy) is 1. The highest BCUT2D eigenvalue weighted by Crippen LogP contribution is 2.17. The molecule has 2 heterocycles. The summed E-state index contributed by atoms with van der Waals surface area (Å²) in [6.45, 7) is 0.296. The minimum absolute atomic E-state index is 0.256. The van der Waals surface area contributed by atoms with Crippen LogP contribution < -0.4 is 10.3 Å². The Hall–Kier alpha value is -2.70. The highest BCUT2D eigenvalue weighted by molar-refractivity contribution is 5.70. The van der Waals surface area contributed by atoms with Gasteiger partial charge in [0.1, 0.15) is 11.3 Å². The van der Waals surface area contributed by atoms with Gasteiger partial charge in [0.25, 0.3) is 5.56 Å². The van der Waals surface area contributed by atoms with Gasteiger partial charge in [0.05, 0.1) is 19.9 Å². The van der Waals surface area contributed by atoms with E-state index in [0.717, 1.165) is 5.56 Å². The molecule has 0 bridgehead atoms. The first-order valence-corrected chi connectivity index (χ1v) is 5.68. The molecule has 7 nitrogen and oxygen atoms in total. The third-order valence-electron chi connectivity index (χ3n) is 2.84. The van der Waals surface area contributed by atoms with E-state index < -0.39 is 0 Å². The summed E-state index contributed by atoms with van der Waals surface area (Å²) in [5, 5.41) is 14.2. The number of para-hydroxylation sites is 1. The number of hydrogen-bond donors (Lipinski definition) is 1. The highest BCUT2D eigenvalue weighted by Gasteiger charge is 2.09. The highest BCUT2D eigenvalue weighted by atomic mass is 16.5. The van der Waals surface area contributed by atoms with Crippen molar-refractivity contribution >= 4 is 11.0 Å². The summed E-state index contributed by atoms with van der Waals surface area (Å²) >= 11 is 0. The molecule has 3 rings (SSSR count). The van der Waals surface area contributed by atoms with Crippen LogP contribution in [0.15, 0.2) is 35.3 Å². The van der Waals surface area contributed by atoms with E-state index in [2.05, 4.69) is 20.5 Å². The van der Waals surface area contributed by atoms with Gasteiger partial charge < -0.3 is 4.74 Å². The number of hydrogen-bond acceptors (Lipinski definition) is 5. The summed E-state index contributed by atoms with van der Waals surface area (Å²) in [6.07, 6.45) is 1.47. The monoisotopic (exact) mass is 257 g/mol. The van der Waals surface area contributed by atoms with Gasteiger partial charge in [-0.2, -0.15) is 5.10 Å². The zero-order valence-corrected chi connectivity index (χ0v) is 10.2. The van der Waals surface area contributed by atoms with Crippen LogP contribution in [-0.2, 0) is 6.54 Å². The van der Waals surface area contributed by atoms with Crippen LogP contribution in [0.2, 0.25) is 0 Å². The topological polar surface area (TPSA) is 85.7 Å². The molecule has 0 fully saturated rings. The summed E-state index contributed by atoms with van der Waals surface area (Å²) in [4.78, 5) is 12.1. The number of aromatic nitrogens is 5. The number of aromatic amines is 1. The molecule has 0 unspecified atom stereocenters. The summed E-state index contributed by atoms with van der Waals surface area (Å²) < 4.78 is 6.52. The minimum atomic E-state index is -0.256. The van der Waals surface area contributed by atoms with E-state index in [4.69, 9.17) is 4.74 Å². The molecule has 2 aromatic heterocycles. The number of methoxy groups -OCH3 is 1. The van der Waals surface area contributed by atoms with Gasteiger partial charge in [-0.05, 0) is 6.07 Å². The lowest BCUT2D eigenvalue weighted by Crippen LogP contribution is -2.25. The van der Waals surface area contributed by atoms with E-state index in [1.165, 1.54) is 10.9 Å². The molecule has 3 aromatic rings. The Morgan fingerprint density at radius 2 is 2.21 bits per heavy atom. The molecular formula is C12H11N5O2. The van der Waals surface area contributed by atoms with E-state index in [-0.39, 0.29) is 5.56 Å². The predicted molar refractivity (Wildman–Crippen MR) is 68.0 cm³/mol. The Bertz CT molecular complexity index is 777. The third-order valence-corrected chi connectivity index (χ3v) is 2.84. The smallest absolute Gasteiger partial charge is 0.295 e. The Labute approximate surface area is 107 Å². The van der Waals surface area contributed by atoms with Crippen molar-refractivity contribution in [2.45, 2.75) is 6.54 Å². The molecule has 0 aliphatic heterocycles. The normalized spacial score (nSPS) is 10.8. The van der Waals surface area contributed by atoms with Crippen LogP contribution in [0.4, 0.5) is 0 Å². The number of benzene rings is 1. The Morgan fingerprint density at radius 3 is 3.05 bits per heavy atom. The van der Waals surface area contributed by atoms with Crippen LogP contribution in [-0.4, -0.2) is 32.3 Å². The molecule has 0 saturated heterocycles. The molecule has 0 saturated carbocycles. The van der Waals surface area contributed by atoms with Gasteiger partial charge in [0.2, 0.25) is 0 Å². The summed E-state index contributed by atoms with van der Waals surface area (Å²) in [5.41, 5.74) is 1.42. The van der Waals surface area contributed by atoms with Crippen LogP contribution in [0.25, 0.3) is 11.0 Å². The second-order valence-electron chi connectivity index (χ2n) is 3.99. The van der Waals surface area contributed by atoms with Crippen LogP contribution >= 0.6 is 0 Å². The van der Waals surface area contributed by atoms with E-state index in [1.54, 1.807) is 7.11 Å². The molecule has 0 aliphatic carbocycles. The summed E-state index contributed by atoms with van der Waals surface area (Å²) in [7, 11) is 1.59. The lowest BCUT2D eigenvalue weighted by Gasteiger charge is -2.08.